The number of hydrogen-bond acceptors (Lipinski definition) is 3. The monoisotopic (exact) mass is 282 g/mol. The summed E-state index contributed by atoms with van der Waals surface area (Å²) in [4.78, 5) is 0. The van der Waals surface area contributed by atoms with Crippen LogP contribution in [0, 0.1) is 0 Å². The molecule has 0 aromatic heterocycles. The van der Waals surface area contributed by atoms with Crippen molar-refractivity contribution in [1.82, 2.24) is 0 Å². The van der Waals surface area contributed by atoms with Crippen molar-refractivity contribution in [1.29, 1.82) is 0 Å². The maximum atomic E-state index is 11.6. The van der Waals surface area contributed by atoms with E-state index < -0.39 is 22.2 Å². The molecule has 0 aromatic rings. The van der Waals surface area contributed by atoms with Crippen molar-refractivity contribution in [2.45, 2.75) is 11.9 Å². The highest BCUT2D eigenvalue weighted by Gasteiger charge is 2.47. The van der Waals surface area contributed by atoms with E-state index in [1.165, 1.54) is 0 Å². The van der Waals surface area contributed by atoms with Gasteiger partial charge in [0.2, 0.25) is 0 Å². The van der Waals surface area contributed by atoms with Crippen LogP contribution in [0.2, 0.25) is 0 Å². The molecule has 8 heteroatoms. The molecule has 0 bridgehead atoms. The molecule has 0 fully saturated rings. The van der Waals surface area contributed by atoms with E-state index in [1.807, 2.05) is 0 Å². The maximum Gasteiger partial charge on any atom is 0.523 e. The molecule has 0 saturated carbocycles. The number of halogens is 4. The zero-order chi connectivity index (χ0) is 10.7. The van der Waals surface area contributed by atoms with Gasteiger partial charge in [-0.15, -0.1) is 0 Å². The number of hydrogen-bond donors (Lipinski definition) is 0. The summed E-state index contributed by atoms with van der Waals surface area (Å²) in [5.41, 5.74) is -5.36. The van der Waals surface area contributed by atoms with Crippen LogP contribution in [0.25, 0.3) is 0 Å². The van der Waals surface area contributed by atoms with Crippen LogP contribution in [0.4, 0.5) is 13.2 Å². The predicted molar refractivity (Wildman–Crippen MR) is 43.6 cm³/mol. The molecule has 78 valence electrons. The Morgan fingerprint density at radius 3 is 2.23 bits per heavy atom. The first-order chi connectivity index (χ1) is 5.67. The van der Waals surface area contributed by atoms with Gasteiger partial charge in [0.25, 0.3) is 0 Å². The van der Waals surface area contributed by atoms with Crippen LogP contribution in [0.15, 0.2) is 11.1 Å². The predicted octanol–water partition coefficient (Wildman–Crippen LogP) is 2.15. The lowest BCUT2D eigenvalue weighted by atomic mass is 10.5. The van der Waals surface area contributed by atoms with Crippen LogP contribution >= 0.6 is 15.9 Å². The van der Waals surface area contributed by atoms with Crippen LogP contribution in [0.5, 0.6) is 0 Å². The normalized spacial score (nSPS) is 12.9. The van der Waals surface area contributed by atoms with E-state index >= 15 is 0 Å². The van der Waals surface area contributed by atoms with Crippen molar-refractivity contribution < 1.29 is 25.8 Å². The first kappa shape index (κ1) is 12.9. The summed E-state index contributed by atoms with van der Waals surface area (Å²) >= 11 is 2.84. The fourth-order valence-electron chi connectivity index (χ4n) is 0.329. The molecule has 0 saturated heterocycles. The summed E-state index contributed by atoms with van der Waals surface area (Å²) in [5.74, 6) is 0. The molecular weight excluding hydrogens is 277 g/mol. The molecule has 0 unspecified atom stereocenters. The third-order valence-corrected chi connectivity index (χ3v) is 2.34. The van der Waals surface area contributed by atoms with Gasteiger partial charge in [-0.3, -0.25) is 4.18 Å². The molecule has 0 spiro atoms. The first-order valence-corrected chi connectivity index (χ1v) is 5.16. The lowest BCUT2D eigenvalue weighted by Crippen LogP contribution is -2.25. The molecule has 0 heterocycles. The maximum absolute atomic E-state index is 11.6. The molecular formula is C5H6BrF3O3S. The average Bonchev–Trinajstić information content (AvgIpc) is 1.82. The highest BCUT2D eigenvalue weighted by atomic mass is 79.9. The highest BCUT2D eigenvalue weighted by molar-refractivity contribution is 9.11. The summed E-state index contributed by atoms with van der Waals surface area (Å²) in [5, 5.41) is 0. The van der Waals surface area contributed by atoms with E-state index in [0.29, 0.717) is 4.48 Å². The lowest BCUT2D eigenvalue weighted by Gasteiger charge is -2.07. The van der Waals surface area contributed by atoms with E-state index in [-0.39, 0.29) is 6.42 Å². The minimum absolute atomic E-state index is 0.00465. The van der Waals surface area contributed by atoms with Gasteiger partial charge in [0.05, 0.1) is 6.61 Å². The fraction of sp³-hybridized carbons (Fsp3) is 0.600. The topological polar surface area (TPSA) is 43.4 Å². The van der Waals surface area contributed by atoms with Gasteiger partial charge < -0.3 is 0 Å². The summed E-state index contributed by atoms with van der Waals surface area (Å²) < 4.78 is 59.3. The van der Waals surface area contributed by atoms with Crippen molar-refractivity contribution in [3.63, 3.8) is 0 Å². The molecule has 0 aliphatic rings. The van der Waals surface area contributed by atoms with Gasteiger partial charge in [0.1, 0.15) is 0 Å². The van der Waals surface area contributed by atoms with Gasteiger partial charge >= 0.3 is 15.6 Å². The zero-order valence-corrected chi connectivity index (χ0v) is 8.67. The van der Waals surface area contributed by atoms with E-state index in [0.717, 1.165) is 0 Å². The van der Waals surface area contributed by atoms with E-state index in [2.05, 4.69) is 26.7 Å². The molecule has 0 atom stereocenters. The van der Waals surface area contributed by atoms with Crippen molar-refractivity contribution >= 4 is 26.0 Å². The SMILES string of the molecule is C=C(Br)CCOS(=O)(=O)C(F)(F)F. The molecule has 0 N–H and O–H groups in total. The van der Waals surface area contributed by atoms with Crippen molar-refractivity contribution in [2.75, 3.05) is 6.61 Å². The Labute approximate surface area is 81.8 Å². The minimum Gasteiger partial charge on any atom is -0.263 e. The van der Waals surface area contributed by atoms with Gasteiger partial charge in [-0.05, 0) is 4.48 Å². The molecule has 0 rings (SSSR count). The molecule has 0 aliphatic heterocycles. The standard InChI is InChI=1S/C5H6BrF3O3S/c1-4(6)2-3-12-13(10,11)5(7,8)9/h1-3H2. The lowest BCUT2D eigenvalue weighted by molar-refractivity contribution is -0.0541. The van der Waals surface area contributed by atoms with Gasteiger partial charge in [0, 0.05) is 6.42 Å². The molecule has 0 aromatic carbocycles. The van der Waals surface area contributed by atoms with Crippen molar-refractivity contribution in [2.24, 2.45) is 0 Å². The fourth-order valence-corrected chi connectivity index (χ4v) is 0.927. The van der Waals surface area contributed by atoms with Gasteiger partial charge in [-0.2, -0.15) is 21.6 Å². The molecule has 13 heavy (non-hydrogen) atoms. The number of alkyl halides is 3. The van der Waals surface area contributed by atoms with Gasteiger partial charge in [0.15, 0.2) is 0 Å². The summed E-state index contributed by atoms with van der Waals surface area (Å²) in [6.45, 7) is 2.72. The largest absolute Gasteiger partial charge is 0.523 e. The van der Waals surface area contributed by atoms with E-state index in [4.69, 9.17) is 0 Å². The second kappa shape index (κ2) is 4.43. The Kier molecular flexibility index (Phi) is 4.40. The second-order valence-electron chi connectivity index (χ2n) is 1.99. The molecule has 3 nitrogen and oxygen atoms in total. The Bertz CT molecular complexity index is 282. The first-order valence-electron chi connectivity index (χ1n) is 2.96. The quantitative estimate of drug-likeness (QED) is 0.586. The third kappa shape index (κ3) is 4.63. The molecule has 0 radical (unpaired) electrons. The Hall–Kier alpha value is -0.0800. The molecule has 0 amide bonds. The third-order valence-electron chi connectivity index (χ3n) is 0.895. The van der Waals surface area contributed by atoms with Crippen LogP contribution in [0.3, 0.4) is 0 Å². The second-order valence-corrected chi connectivity index (χ2v) is 4.72. The van der Waals surface area contributed by atoms with Crippen molar-refractivity contribution in [3.05, 3.63) is 11.1 Å². The Balaban J connectivity index is 4.15. The van der Waals surface area contributed by atoms with E-state index in [9.17, 15) is 21.6 Å². The Morgan fingerprint density at radius 1 is 1.46 bits per heavy atom. The average molecular weight is 283 g/mol. The minimum atomic E-state index is -5.46. The van der Waals surface area contributed by atoms with Crippen LogP contribution in [-0.2, 0) is 14.3 Å². The smallest absolute Gasteiger partial charge is 0.263 e. The van der Waals surface area contributed by atoms with E-state index in [1.54, 1.807) is 0 Å². The summed E-state index contributed by atoms with van der Waals surface area (Å²) in [7, 11) is -5.46. The number of rotatable bonds is 4. The summed E-state index contributed by atoms with van der Waals surface area (Å²) in [6.07, 6.45) is -0.00465. The summed E-state index contributed by atoms with van der Waals surface area (Å²) in [6, 6.07) is 0. The Morgan fingerprint density at radius 2 is 1.92 bits per heavy atom. The van der Waals surface area contributed by atoms with Gasteiger partial charge in [-0.1, -0.05) is 22.5 Å². The zero-order valence-electron chi connectivity index (χ0n) is 6.27. The van der Waals surface area contributed by atoms with Crippen molar-refractivity contribution in [3.8, 4) is 0 Å². The highest BCUT2D eigenvalue weighted by Crippen LogP contribution is 2.24. The van der Waals surface area contributed by atoms with Crippen LogP contribution in [0.1, 0.15) is 6.42 Å². The van der Waals surface area contributed by atoms with Gasteiger partial charge in [-0.25, -0.2) is 0 Å². The van der Waals surface area contributed by atoms with Crippen LogP contribution in [-0.4, -0.2) is 20.5 Å². The van der Waals surface area contributed by atoms with Crippen LogP contribution < -0.4 is 0 Å². The molecule has 0 aliphatic carbocycles.